The third-order valence-corrected chi connectivity index (χ3v) is 6.07. The van der Waals surface area contributed by atoms with Crippen LogP contribution in [0.5, 0.6) is 0 Å². The molecule has 0 N–H and O–H groups in total. The highest BCUT2D eigenvalue weighted by Gasteiger charge is 2.33. The molecule has 1 amide bonds. The van der Waals surface area contributed by atoms with Crippen molar-refractivity contribution in [1.82, 2.24) is 0 Å². The van der Waals surface area contributed by atoms with Crippen LogP contribution in [-0.4, -0.2) is 25.7 Å². The van der Waals surface area contributed by atoms with Crippen molar-refractivity contribution in [2.45, 2.75) is 26.4 Å². The number of anilines is 1. The summed E-state index contributed by atoms with van der Waals surface area (Å²) in [7, 11) is -4.05. The quantitative estimate of drug-likeness (QED) is 0.483. The van der Waals surface area contributed by atoms with Gasteiger partial charge in [-0.3, -0.25) is 0 Å². The van der Waals surface area contributed by atoms with E-state index in [2.05, 4.69) is 20.9 Å². The summed E-state index contributed by atoms with van der Waals surface area (Å²) in [4.78, 5) is 16.7. The molecule has 1 heterocycles. The highest BCUT2D eigenvalue weighted by molar-refractivity contribution is 9.10. The molecule has 0 radical (unpaired) electrons. The molecule has 0 aromatic heterocycles. The summed E-state index contributed by atoms with van der Waals surface area (Å²) in [6, 6.07) is 0.380. The minimum absolute atomic E-state index is 0.358. The summed E-state index contributed by atoms with van der Waals surface area (Å²) in [5, 5.41) is 1.03. The first-order chi connectivity index (χ1) is 11.9. The van der Waals surface area contributed by atoms with Crippen LogP contribution in [0.15, 0.2) is 26.8 Å². The second-order valence-electron chi connectivity index (χ2n) is 5.88. The normalized spacial score (nSPS) is 16.4. The van der Waals surface area contributed by atoms with Crippen molar-refractivity contribution >= 4 is 52.0 Å². The largest absolute Gasteiger partial charge is 0.443 e. The molecular formula is C14H12BrF3N2O4S2. The zero-order chi connectivity index (χ0) is 19.8. The Morgan fingerprint density at radius 2 is 1.88 bits per heavy atom. The number of benzene rings is 1. The number of rotatable bonds is 2. The van der Waals surface area contributed by atoms with Crippen molar-refractivity contribution in [3.8, 4) is 0 Å². The lowest BCUT2D eigenvalue weighted by Crippen LogP contribution is -2.37. The van der Waals surface area contributed by atoms with Crippen LogP contribution in [0.4, 0.5) is 23.7 Å². The number of hydrogen-bond donors (Lipinski definition) is 0. The van der Waals surface area contributed by atoms with Crippen molar-refractivity contribution in [1.29, 1.82) is 0 Å². The van der Waals surface area contributed by atoms with Crippen molar-refractivity contribution in [2.24, 2.45) is 4.99 Å². The van der Waals surface area contributed by atoms with Gasteiger partial charge in [-0.2, -0.15) is 8.42 Å². The molecule has 0 saturated carbocycles. The van der Waals surface area contributed by atoms with Crippen molar-refractivity contribution in [3.63, 3.8) is 0 Å². The molecule has 0 fully saturated rings. The molecule has 0 bridgehead atoms. The number of carbonyl (C=O) groups is 1. The molecule has 0 spiro atoms. The van der Waals surface area contributed by atoms with Crippen LogP contribution < -0.4 is 4.90 Å². The highest BCUT2D eigenvalue weighted by Crippen LogP contribution is 2.35. The zero-order valence-electron chi connectivity index (χ0n) is 13.6. The number of hydrogen-bond acceptors (Lipinski definition) is 5. The van der Waals surface area contributed by atoms with Gasteiger partial charge in [0.15, 0.2) is 17.5 Å². The summed E-state index contributed by atoms with van der Waals surface area (Å²) in [6.45, 7) is 4.58. The van der Waals surface area contributed by atoms with E-state index in [4.69, 9.17) is 4.74 Å². The van der Waals surface area contributed by atoms with Gasteiger partial charge >= 0.3 is 6.09 Å². The predicted octanol–water partition coefficient (Wildman–Crippen LogP) is 3.86. The van der Waals surface area contributed by atoms with Crippen LogP contribution in [0.25, 0.3) is 0 Å². The summed E-state index contributed by atoms with van der Waals surface area (Å²) in [5.41, 5.74) is -0.964. The molecule has 1 unspecified atom stereocenters. The molecule has 0 saturated heterocycles. The summed E-state index contributed by atoms with van der Waals surface area (Å²) >= 11 is 2.64. The molecule has 1 atom stereocenters. The van der Waals surface area contributed by atoms with Gasteiger partial charge in [0, 0.05) is 20.9 Å². The van der Waals surface area contributed by atoms with Crippen LogP contribution in [-0.2, 0) is 23.5 Å². The fourth-order valence-electron chi connectivity index (χ4n) is 1.82. The molecule has 2 rings (SSSR count). The summed E-state index contributed by atoms with van der Waals surface area (Å²) in [5.74, 6) is -4.36. The Kier molecular flexibility index (Phi) is 5.98. The van der Waals surface area contributed by atoms with E-state index in [1.807, 2.05) is 0 Å². The second kappa shape index (κ2) is 7.53. The van der Waals surface area contributed by atoms with E-state index in [1.165, 1.54) is 20.8 Å². The Morgan fingerprint density at radius 1 is 1.27 bits per heavy atom. The fraction of sp³-hybridized carbons (Fsp3) is 0.286. The highest BCUT2D eigenvalue weighted by atomic mass is 79.9. The molecule has 12 heteroatoms. The van der Waals surface area contributed by atoms with Gasteiger partial charge in [0.1, 0.15) is 17.1 Å². The minimum atomic E-state index is -2.57. The average molecular weight is 473 g/mol. The van der Waals surface area contributed by atoms with E-state index < -0.39 is 58.0 Å². The third-order valence-electron chi connectivity index (χ3n) is 2.79. The Labute approximate surface area is 158 Å². The van der Waals surface area contributed by atoms with Gasteiger partial charge in [0.25, 0.3) is 0 Å². The first kappa shape index (κ1) is 20.6. The lowest BCUT2D eigenvalue weighted by atomic mass is 10.2. The van der Waals surface area contributed by atoms with Crippen LogP contribution in [0, 0.1) is 17.5 Å². The summed E-state index contributed by atoms with van der Waals surface area (Å²) in [6.07, 6.45) is -1.21. The number of amides is 1. The molecule has 1 aromatic carbocycles. The Bertz CT molecular complexity index is 977. The zero-order valence-corrected chi connectivity index (χ0v) is 16.8. The maximum absolute atomic E-state index is 14.5. The van der Waals surface area contributed by atoms with Crippen molar-refractivity contribution in [3.05, 3.63) is 39.2 Å². The SMILES string of the molecule is CC(C)(C)OC(=O)N(C1=CS(=S(=O)=O)C=N1)c1c(F)cc(F)c(Br)c1F. The van der Waals surface area contributed by atoms with Gasteiger partial charge in [-0.25, -0.2) is 27.9 Å². The molecule has 1 aliphatic heterocycles. The molecule has 6 nitrogen and oxygen atoms in total. The van der Waals surface area contributed by atoms with Crippen molar-refractivity contribution in [2.75, 3.05) is 4.90 Å². The number of ether oxygens (including phenoxy) is 1. The predicted molar refractivity (Wildman–Crippen MR) is 95.6 cm³/mol. The van der Waals surface area contributed by atoms with E-state index in [1.54, 1.807) is 0 Å². The van der Waals surface area contributed by atoms with E-state index >= 15 is 0 Å². The second-order valence-corrected chi connectivity index (χ2v) is 10.2. The van der Waals surface area contributed by atoms with Gasteiger partial charge in [0.2, 0.25) is 9.26 Å². The van der Waals surface area contributed by atoms with Gasteiger partial charge in [-0.1, -0.05) is 0 Å². The molecule has 1 aliphatic rings. The Hall–Kier alpha value is -1.66. The Balaban J connectivity index is 2.70. The monoisotopic (exact) mass is 472 g/mol. The van der Waals surface area contributed by atoms with Crippen LogP contribution in [0.2, 0.25) is 0 Å². The number of nitrogens with zero attached hydrogens (tertiary/aromatic N) is 2. The maximum atomic E-state index is 14.5. The number of aliphatic imine (C=N–C) groups is 1. The van der Waals surface area contributed by atoms with Crippen molar-refractivity contribution < 1.29 is 31.1 Å². The fourth-order valence-corrected chi connectivity index (χ4v) is 3.76. The van der Waals surface area contributed by atoms with Gasteiger partial charge in [0.05, 0.1) is 10.0 Å². The van der Waals surface area contributed by atoms with Crippen LogP contribution in [0.1, 0.15) is 20.8 Å². The molecule has 1 aromatic rings. The van der Waals surface area contributed by atoms with E-state index in [-0.39, 0.29) is 5.82 Å². The summed E-state index contributed by atoms with van der Waals surface area (Å²) < 4.78 is 68.9. The standard InChI is InChI=1S/C14H12BrF3N2O4S2/c1-14(2,3)24-13(21)20(9-5-25(6-19-9)26(22)23)12-8(17)4-7(16)10(15)11(12)18/h4-6H,1-3H3. The first-order valence-corrected chi connectivity index (χ1v) is 10.6. The average Bonchev–Trinajstić information content (AvgIpc) is 2.97. The van der Waals surface area contributed by atoms with Gasteiger partial charge in [-0.05, 0) is 36.7 Å². The van der Waals surface area contributed by atoms with Gasteiger partial charge in [-0.15, -0.1) is 0 Å². The molecular weight excluding hydrogens is 461 g/mol. The third kappa shape index (κ3) is 4.35. The van der Waals surface area contributed by atoms with Crippen LogP contribution >= 0.6 is 15.9 Å². The minimum Gasteiger partial charge on any atom is -0.443 e. The molecule has 26 heavy (non-hydrogen) atoms. The smallest absolute Gasteiger partial charge is 0.420 e. The van der Waals surface area contributed by atoms with E-state index in [0.717, 1.165) is 11.0 Å². The lowest BCUT2D eigenvalue weighted by molar-refractivity contribution is 0.0589. The Morgan fingerprint density at radius 3 is 2.38 bits per heavy atom. The van der Waals surface area contributed by atoms with E-state index in [0.29, 0.717) is 11.0 Å². The molecule has 142 valence electrons. The lowest BCUT2D eigenvalue weighted by Gasteiger charge is -2.27. The topological polar surface area (TPSA) is 76.0 Å². The van der Waals surface area contributed by atoms with E-state index in [9.17, 15) is 26.4 Å². The maximum Gasteiger partial charge on any atom is 0.420 e. The molecule has 0 aliphatic carbocycles. The number of halogens is 4. The van der Waals surface area contributed by atoms with Crippen LogP contribution in [0.3, 0.4) is 0 Å². The number of carbonyl (C=O) groups excluding carboxylic acids is 1. The first-order valence-electron chi connectivity index (χ1n) is 6.86. The van der Waals surface area contributed by atoms with Gasteiger partial charge < -0.3 is 4.74 Å².